The Morgan fingerprint density at radius 3 is 0.712 bits per heavy atom. The Labute approximate surface area is 446 Å². The Hall–Kier alpha value is -3.01. The number of nitrogens with zero attached hydrogens (tertiary/aromatic N) is 2. The number of carbonyl (C=O) groups excluding carboxylic acids is 4. The zero-order valence-corrected chi connectivity index (χ0v) is 48.5. The van der Waals surface area contributed by atoms with Gasteiger partial charge < -0.3 is 58.6 Å². The van der Waals surface area contributed by atoms with E-state index in [0.717, 1.165) is 0 Å². The molecule has 0 saturated heterocycles. The molecule has 4 rings (SSSR count). The van der Waals surface area contributed by atoms with E-state index in [1.165, 1.54) is 78.6 Å². The van der Waals surface area contributed by atoms with E-state index in [2.05, 4.69) is 139 Å². The zero-order chi connectivity index (χ0) is 49.8. The standard InChI is InChI=1S/2C14H16Br2O6.2C9H13N.2Rh/c2*1-13(2,11(17)18)21-9-6-10(8(16)5-7(9)15)22-14(3,4)12(19)20;2*1-9(2,3)8-4-6-10-7-5-8;;/h2*5-6H,1-4H3,(H,17,18)(H,19,20);2*4-7H,1-3H3;;/q;;;;2*+2/p-4. The quantitative estimate of drug-likeness (QED) is 0.133. The molecule has 0 unspecified atom stereocenters. The zero-order valence-electron chi connectivity index (χ0n) is 38.9. The van der Waals surface area contributed by atoms with Gasteiger partial charge in [-0.3, -0.25) is 9.97 Å². The van der Waals surface area contributed by atoms with E-state index in [1.807, 2.05) is 24.8 Å². The second kappa shape index (κ2) is 26.7. The first-order valence-electron chi connectivity index (χ1n) is 19.4. The van der Waals surface area contributed by atoms with E-state index in [1.54, 1.807) is 12.1 Å². The molecule has 2 aromatic carbocycles. The molecule has 0 bridgehead atoms. The van der Waals surface area contributed by atoms with Gasteiger partial charge in [-0.1, -0.05) is 41.5 Å². The summed E-state index contributed by atoms with van der Waals surface area (Å²) in [6, 6.07) is 14.1. The summed E-state index contributed by atoms with van der Waals surface area (Å²) in [6.07, 6.45) is 7.34. The molecule has 0 aliphatic rings. The maximum atomic E-state index is 11.0. The molecular weight excluding hydrogens is 1300 g/mol. The van der Waals surface area contributed by atoms with Crippen molar-refractivity contribution >= 4 is 87.6 Å². The first-order valence-corrected chi connectivity index (χ1v) is 22.5. The van der Waals surface area contributed by atoms with Crippen molar-refractivity contribution in [2.45, 2.75) is 130 Å². The fourth-order valence-electron chi connectivity index (χ4n) is 4.30. The first-order chi connectivity index (χ1) is 28.9. The second-order valence-electron chi connectivity index (χ2n) is 18.0. The van der Waals surface area contributed by atoms with Gasteiger partial charge in [-0.05, 0) is 177 Å². The van der Waals surface area contributed by atoms with Crippen molar-refractivity contribution in [3.05, 3.63) is 102 Å². The van der Waals surface area contributed by atoms with Crippen molar-refractivity contribution in [1.82, 2.24) is 9.97 Å². The molecule has 0 fully saturated rings. The van der Waals surface area contributed by atoms with Gasteiger partial charge in [0.2, 0.25) is 0 Å². The largest absolute Gasteiger partial charge is 2.00 e. The predicted octanol–water partition coefficient (Wildman–Crippen LogP) is 6.81. The third kappa shape index (κ3) is 21.5. The minimum absolute atomic E-state index is 0. The SMILES string of the molecule is CC(C)(C)c1ccncc1.CC(C)(C)c1ccncc1.CC(C)(Oc1cc(OC(C)(C)C(=O)[O-])c(Br)cc1Br)C(=O)[O-].CC(C)(Oc1cc(OC(C)(C)C(=O)[O-])c(Br)cc1Br)C(=O)[O-].[Rh+2].[Rh+2]. The number of halogens is 4. The van der Waals surface area contributed by atoms with Crippen molar-refractivity contribution in [3.8, 4) is 23.0 Å². The van der Waals surface area contributed by atoms with Crippen LogP contribution in [-0.4, -0.2) is 56.2 Å². The average molecular weight is 1350 g/mol. The van der Waals surface area contributed by atoms with Crippen molar-refractivity contribution in [2.24, 2.45) is 0 Å². The number of benzene rings is 2. The van der Waals surface area contributed by atoms with Gasteiger partial charge in [0.15, 0.2) is 0 Å². The molecule has 0 spiro atoms. The number of carboxylic acid groups (broad SMARTS) is 4. The van der Waals surface area contributed by atoms with E-state index in [-0.39, 0.29) is 72.8 Å². The fraction of sp³-hybridized carbons (Fsp3) is 0.435. The van der Waals surface area contributed by atoms with Crippen LogP contribution in [0.4, 0.5) is 0 Å². The Kier molecular flexibility index (Phi) is 26.3. The van der Waals surface area contributed by atoms with Crippen LogP contribution in [0.5, 0.6) is 23.0 Å². The number of aromatic nitrogens is 2. The van der Waals surface area contributed by atoms with Gasteiger partial charge in [0.1, 0.15) is 45.4 Å². The molecule has 2 aromatic heterocycles. The maximum absolute atomic E-state index is 11.0. The third-order valence-corrected chi connectivity index (χ3v) is 11.0. The molecule has 4 aromatic rings. The Balaban J connectivity index is 0. The molecule has 0 N–H and O–H groups in total. The van der Waals surface area contributed by atoms with E-state index >= 15 is 0 Å². The molecule has 0 amide bonds. The number of hydrogen-bond donors (Lipinski definition) is 0. The summed E-state index contributed by atoms with van der Waals surface area (Å²) in [5.41, 5.74) is -3.11. The van der Waals surface area contributed by atoms with Crippen LogP contribution < -0.4 is 39.4 Å². The Bertz CT molecular complexity index is 1980. The average Bonchev–Trinajstić information content (AvgIpc) is 3.16. The van der Waals surface area contributed by atoms with Crippen molar-refractivity contribution in [3.63, 3.8) is 0 Å². The second-order valence-corrected chi connectivity index (χ2v) is 21.4. The molecule has 0 aliphatic carbocycles. The fourth-order valence-corrected chi connectivity index (χ4v) is 6.62. The van der Waals surface area contributed by atoms with E-state index in [0.29, 0.717) is 17.9 Å². The molecule has 0 atom stereocenters. The first kappa shape index (κ1) is 65.1. The number of pyridine rings is 2. The van der Waals surface area contributed by atoms with Gasteiger partial charge in [-0.15, -0.1) is 0 Å². The van der Waals surface area contributed by atoms with Crippen molar-refractivity contribution in [2.75, 3.05) is 0 Å². The number of rotatable bonds is 12. The van der Waals surface area contributed by atoms with Gasteiger partial charge in [-0.2, -0.15) is 0 Å². The van der Waals surface area contributed by atoms with Gasteiger partial charge >= 0.3 is 39.0 Å². The van der Waals surface area contributed by atoms with Gasteiger partial charge in [0.25, 0.3) is 0 Å². The van der Waals surface area contributed by atoms with Gasteiger partial charge in [-0.25, -0.2) is 0 Å². The van der Waals surface area contributed by atoms with Crippen LogP contribution >= 0.6 is 63.7 Å². The Morgan fingerprint density at radius 1 is 0.394 bits per heavy atom. The monoisotopic (exact) mass is 1350 g/mol. The van der Waals surface area contributed by atoms with Crippen LogP contribution in [0.15, 0.2) is 91.2 Å². The molecule has 14 nitrogen and oxygen atoms in total. The van der Waals surface area contributed by atoms with Crippen LogP contribution in [0.2, 0.25) is 0 Å². The molecular formula is C46H54Br4N2O12Rh2. The molecule has 2 radical (unpaired) electrons. The number of carbonyl (C=O) groups is 4. The molecule has 2 heterocycles. The Morgan fingerprint density at radius 2 is 0.576 bits per heavy atom. The topological polar surface area (TPSA) is 223 Å². The van der Waals surface area contributed by atoms with Crippen molar-refractivity contribution in [1.29, 1.82) is 0 Å². The van der Waals surface area contributed by atoms with Crippen LogP contribution in [0, 0.1) is 0 Å². The summed E-state index contributed by atoms with van der Waals surface area (Å²) >= 11 is 13.0. The maximum Gasteiger partial charge on any atom is 2.00 e. The van der Waals surface area contributed by atoms with Gasteiger partial charge in [0.05, 0.1) is 41.8 Å². The molecule has 366 valence electrons. The third-order valence-electron chi connectivity index (χ3n) is 8.49. The summed E-state index contributed by atoms with van der Waals surface area (Å²) in [7, 11) is 0. The molecule has 0 saturated carbocycles. The van der Waals surface area contributed by atoms with Crippen LogP contribution in [0.3, 0.4) is 0 Å². The van der Waals surface area contributed by atoms with Crippen molar-refractivity contribution < 1.29 is 97.5 Å². The minimum atomic E-state index is -1.57. The number of aliphatic carboxylic acids is 4. The molecule has 20 heteroatoms. The number of ether oxygens (including phenoxy) is 4. The summed E-state index contributed by atoms with van der Waals surface area (Å²) in [6.45, 7) is 23.9. The summed E-state index contributed by atoms with van der Waals surface area (Å²) in [5, 5.41) is 44.1. The predicted molar refractivity (Wildman–Crippen MR) is 248 cm³/mol. The van der Waals surface area contributed by atoms with Crippen LogP contribution in [0.1, 0.15) is 108 Å². The van der Waals surface area contributed by atoms with E-state index in [9.17, 15) is 39.6 Å². The summed E-state index contributed by atoms with van der Waals surface area (Å²) in [5.74, 6) is -4.88. The van der Waals surface area contributed by atoms with Crippen LogP contribution in [-0.2, 0) is 69.0 Å². The van der Waals surface area contributed by atoms with Crippen LogP contribution in [0.25, 0.3) is 0 Å². The molecule has 66 heavy (non-hydrogen) atoms. The van der Waals surface area contributed by atoms with Gasteiger partial charge in [0, 0.05) is 36.9 Å². The minimum Gasteiger partial charge on any atom is -0.546 e. The van der Waals surface area contributed by atoms with E-state index in [4.69, 9.17) is 18.9 Å². The smallest absolute Gasteiger partial charge is 0.546 e. The summed E-state index contributed by atoms with van der Waals surface area (Å²) in [4.78, 5) is 52.0. The number of hydrogen-bond acceptors (Lipinski definition) is 14. The molecule has 0 aliphatic heterocycles. The van der Waals surface area contributed by atoms with E-state index < -0.39 is 46.3 Å². The summed E-state index contributed by atoms with van der Waals surface area (Å²) < 4.78 is 23.4. The normalized spacial score (nSPS) is 11.4. The number of carboxylic acids is 4.